The van der Waals surface area contributed by atoms with Crippen LogP contribution in [0.2, 0.25) is 0 Å². The molecular formula is C16H24N4O4. The molecule has 0 spiro atoms. The summed E-state index contributed by atoms with van der Waals surface area (Å²) in [5.41, 5.74) is 0. The number of aliphatic carboxylic acids is 1. The number of aromatic nitrogens is 2. The minimum Gasteiger partial charge on any atom is -0.481 e. The Morgan fingerprint density at radius 3 is 2.71 bits per heavy atom. The summed E-state index contributed by atoms with van der Waals surface area (Å²) in [7, 11) is 0. The summed E-state index contributed by atoms with van der Waals surface area (Å²) in [5.74, 6) is -1.11. The zero-order valence-electron chi connectivity index (χ0n) is 13.8. The molecule has 1 aliphatic carbocycles. The fraction of sp³-hybridized carbons (Fsp3) is 0.688. The van der Waals surface area contributed by atoms with Gasteiger partial charge < -0.3 is 20.1 Å². The predicted octanol–water partition coefficient (Wildman–Crippen LogP) is 1.11. The van der Waals surface area contributed by atoms with Crippen molar-refractivity contribution in [3.05, 3.63) is 18.5 Å². The average Bonchev–Trinajstić information content (AvgIpc) is 3.07. The van der Waals surface area contributed by atoms with Crippen molar-refractivity contribution >= 4 is 12.0 Å². The Balaban J connectivity index is 1.55. The number of ether oxygens (including phenoxy) is 1. The van der Waals surface area contributed by atoms with Crippen LogP contribution in [0.4, 0.5) is 4.79 Å². The molecule has 2 heterocycles. The van der Waals surface area contributed by atoms with E-state index in [9.17, 15) is 9.59 Å². The van der Waals surface area contributed by atoms with Gasteiger partial charge in [0.15, 0.2) is 0 Å². The Kier molecular flexibility index (Phi) is 5.03. The lowest BCUT2D eigenvalue weighted by atomic mass is 9.82. The number of urea groups is 1. The summed E-state index contributed by atoms with van der Waals surface area (Å²) in [6.07, 6.45) is 5.44. The smallest absolute Gasteiger partial charge is 0.317 e. The molecule has 1 saturated heterocycles. The second kappa shape index (κ2) is 7.21. The molecule has 24 heavy (non-hydrogen) atoms. The Bertz CT molecular complexity index is 569. The maximum atomic E-state index is 12.5. The van der Waals surface area contributed by atoms with Crippen LogP contribution in [-0.4, -0.2) is 63.6 Å². The van der Waals surface area contributed by atoms with Crippen LogP contribution in [0.25, 0.3) is 0 Å². The van der Waals surface area contributed by atoms with E-state index in [-0.39, 0.29) is 30.1 Å². The fourth-order valence-electron chi connectivity index (χ4n) is 3.51. The largest absolute Gasteiger partial charge is 0.481 e. The van der Waals surface area contributed by atoms with E-state index < -0.39 is 5.97 Å². The number of hydrogen-bond donors (Lipinski definition) is 2. The second-order valence-corrected chi connectivity index (χ2v) is 6.36. The molecule has 0 bridgehead atoms. The highest BCUT2D eigenvalue weighted by Crippen LogP contribution is 2.35. The van der Waals surface area contributed by atoms with Crippen LogP contribution >= 0.6 is 0 Å². The van der Waals surface area contributed by atoms with Crippen molar-refractivity contribution in [2.75, 3.05) is 19.7 Å². The number of carboxylic acid groups (broad SMARTS) is 1. The van der Waals surface area contributed by atoms with Crippen molar-refractivity contribution in [3.8, 4) is 0 Å². The molecule has 1 saturated carbocycles. The van der Waals surface area contributed by atoms with Crippen molar-refractivity contribution in [2.24, 2.45) is 5.92 Å². The average molecular weight is 336 g/mol. The van der Waals surface area contributed by atoms with Gasteiger partial charge in [0.2, 0.25) is 0 Å². The molecule has 8 heteroatoms. The first-order valence-corrected chi connectivity index (χ1v) is 8.49. The third kappa shape index (κ3) is 3.38. The quantitative estimate of drug-likeness (QED) is 0.839. The lowest BCUT2D eigenvalue weighted by Crippen LogP contribution is -2.59. The zero-order chi connectivity index (χ0) is 17.1. The minimum absolute atomic E-state index is 0.000425. The summed E-state index contributed by atoms with van der Waals surface area (Å²) in [4.78, 5) is 25.1. The van der Waals surface area contributed by atoms with Crippen LogP contribution in [0.3, 0.4) is 0 Å². The van der Waals surface area contributed by atoms with E-state index in [1.54, 1.807) is 11.1 Å². The van der Waals surface area contributed by atoms with Gasteiger partial charge >= 0.3 is 12.0 Å². The molecule has 3 atom stereocenters. The lowest BCUT2D eigenvalue weighted by molar-refractivity contribution is -0.143. The predicted molar refractivity (Wildman–Crippen MR) is 85.5 cm³/mol. The van der Waals surface area contributed by atoms with Crippen LogP contribution in [-0.2, 0) is 9.53 Å². The number of rotatable bonds is 5. The van der Waals surface area contributed by atoms with Gasteiger partial charge in [0, 0.05) is 32.1 Å². The summed E-state index contributed by atoms with van der Waals surface area (Å²) >= 11 is 0. The first-order chi connectivity index (χ1) is 11.6. The first-order valence-electron chi connectivity index (χ1n) is 8.49. The van der Waals surface area contributed by atoms with Gasteiger partial charge in [-0.15, -0.1) is 0 Å². The maximum Gasteiger partial charge on any atom is 0.317 e. The zero-order valence-corrected chi connectivity index (χ0v) is 13.8. The molecule has 2 aliphatic rings. The third-order valence-electron chi connectivity index (χ3n) is 4.93. The minimum atomic E-state index is -0.771. The van der Waals surface area contributed by atoms with Crippen LogP contribution in [0, 0.1) is 5.92 Å². The Labute approximate surface area is 140 Å². The van der Waals surface area contributed by atoms with Gasteiger partial charge in [0.1, 0.15) is 0 Å². The molecule has 0 radical (unpaired) electrons. The number of piperidine rings is 1. The molecule has 0 aromatic carbocycles. The van der Waals surface area contributed by atoms with E-state index in [0.717, 1.165) is 6.42 Å². The maximum absolute atomic E-state index is 12.5. The van der Waals surface area contributed by atoms with Gasteiger partial charge in [0.05, 0.1) is 24.1 Å². The number of likely N-dealkylation sites (tertiary alicyclic amines) is 1. The summed E-state index contributed by atoms with van der Waals surface area (Å²) in [5, 5.41) is 16.4. The van der Waals surface area contributed by atoms with E-state index in [0.29, 0.717) is 32.5 Å². The molecule has 1 aromatic rings. The number of carboxylic acids is 1. The first kappa shape index (κ1) is 16.8. The second-order valence-electron chi connectivity index (χ2n) is 6.36. The molecule has 132 valence electrons. The van der Waals surface area contributed by atoms with Crippen LogP contribution in [0.5, 0.6) is 0 Å². The highest BCUT2D eigenvalue weighted by molar-refractivity contribution is 5.76. The van der Waals surface area contributed by atoms with Crippen molar-refractivity contribution < 1.29 is 19.4 Å². The number of carbonyl (C=O) groups excluding carboxylic acids is 1. The SMILES string of the molecule is CCOC1CC(NC(=O)N2CCC(C(=O)O)CC2)C1n1cccn1. The van der Waals surface area contributed by atoms with E-state index in [2.05, 4.69) is 10.4 Å². The Morgan fingerprint density at radius 2 is 2.12 bits per heavy atom. The van der Waals surface area contributed by atoms with Gasteiger partial charge in [-0.3, -0.25) is 9.48 Å². The topological polar surface area (TPSA) is 96.7 Å². The fourth-order valence-corrected chi connectivity index (χ4v) is 3.51. The molecule has 2 N–H and O–H groups in total. The van der Waals surface area contributed by atoms with E-state index in [1.807, 2.05) is 23.9 Å². The number of nitrogens with zero attached hydrogens (tertiary/aromatic N) is 3. The molecule has 1 aromatic heterocycles. The van der Waals surface area contributed by atoms with Gasteiger partial charge in [-0.1, -0.05) is 0 Å². The van der Waals surface area contributed by atoms with Crippen molar-refractivity contribution in [1.29, 1.82) is 0 Å². The molecule has 2 fully saturated rings. The van der Waals surface area contributed by atoms with E-state index >= 15 is 0 Å². The van der Waals surface area contributed by atoms with E-state index in [1.165, 1.54) is 0 Å². The van der Waals surface area contributed by atoms with E-state index in [4.69, 9.17) is 9.84 Å². The van der Waals surface area contributed by atoms with Crippen molar-refractivity contribution in [2.45, 2.75) is 44.4 Å². The monoisotopic (exact) mass is 336 g/mol. The molecule has 1 aliphatic heterocycles. The Morgan fingerprint density at radius 1 is 1.38 bits per heavy atom. The van der Waals surface area contributed by atoms with Gasteiger partial charge in [-0.25, -0.2) is 4.79 Å². The third-order valence-corrected chi connectivity index (χ3v) is 4.93. The lowest BCUT2D eigenvalue weighted by Gasteiger charge is -2.45. The van der Waals surface area contributed by atoms with Crippen LogP contribution in [0.15, 0.2) is 18.5 Å². The molecular weight excluding hydrogens is 312 g/mol. The van der Waals surface area contributed by atoms with Crippen molar-refractivity contribution in [3.63, 3.8) is 0 Å². The molecule has 8 nitrogen and oxygen atoms in total. The van der Waals surface area contributed by atoms with Gasteiger partial charge in [0.25, 0.3) is 0 Å². The highest BCUT2D eigenvalue weighted by atomic mass is 16.5. The number of nitrogens with one attached hydrogen (secondary N) is 1. The Hall–Kier alpha value is -2.09. The number of amides is 2. The van der Waals surface area contributed by atoms with Crippen molar-refractivity contribution in [1.82, 2.24) is 20.0 Å². The van der Waals surface area contributed by atoms with Gasteiger partial charge in [-0.2, -0.15) is 5.10 Å². The molecule has 2 amide bonds. The number of carbonyl (C=O) groups is 2. The number of hydrogen-bond acceptors (Lipinski definition) is 4. The normalized spacial score (nSPS) is 27.5. The summed E-state index contributed by atoms with van der Waals surface area (Å²) < 4.78 is 7.56. The van der Waals surface area contributed by atoms with Crippen LogP contribution < -0.4 is 5.32 Å². The standard InChI is InChI=1S/C16H24N4O4/c1-2-24-13-10-12(14(13)20-7-3-6-17-20)18-16(23)19-8-4-11(5-9-19)15(21)22/h3,6-7,11-14H,2,4-5,8-10H2,1H3,(H,18,23)(H,21,22). The van der Waals surface area contributed by atoms with Gasteiger partial charge in [-0.05, 0) is 32.3 Å². The summed E-state index contributed by atoms with van der Waals surface area (Å²) in [6, 6.07) is 1.71. The van der Waals surface area contributed by atoms with Crippen LogP contribution in [0.1, 0.15) is 32.2 Å². The molecule has 3 unspecified atom stereocenters. The summed E-state index contributed by atoms with van der Waals surface area (Å²) in [6.45, 7) is 3.55. The molecule has 3 rings (SSSR count). The highest BCUT2D eigenvalue weighted by Gasteiger charge is 2.45.